The standard InChI is InChI=1S/C11H17Cl2NO3/c1-7(2)14(4)8(15)5-17-9(16)10(3)6-11(10,12)13/h7H,5-6H2,1-4H3. The third-order valence-corrected chi connectivity index (χ3v) is 4.30. The monoisotopic (exact) mass is 281 g/mol. The van der Waals surface area contributed by atoms with E-state index < -0.39 is 15.7 Å². The number of nitrogens with zero attached hydrogens (tertiary/aromatic N) is 1. The fourth-order valence-corrected chi connectivity index (χ4v) is 1.99. The van der Waals surface area contributed by atoms with Gasteiger partial charge in [0.25, 0.3) is 5.91 Å². The molecule has 1 saturated carbocycles. The zero-order valence-corrected chi connectivity index (χ0v) is 11.9. The molecule has 98 valence electrons. The normalized spacial score (nSPS) is 25.6. The van der Waals surface area contributed by atoms with Crippen LogP contribution in [0.25, 0.3) is 0 Å². The van der Waals surface area contributed by atoms with Crippen molar-refractivity contribution in [3.63, 3.8) is 0 Å². The Balaban J connectivity index is 2.43. The summed E-state index contributed by atoms with van der Waals surface area (Å²) in [5.41, 5.74) is -0.882. The van der Waals surface area contributed by atoms with Crippen LogP contribution in [0, 0.1) is 5.41 Å². The van der Waals surface area contributed by atoms with Crippen molar-refractivity contribution in [2.45, 2.75) is 37.6 Å². The van der Waals surface area contributed by atoms with Crippen molar-refractivity contribution in [2.75, 3.05) is 13.7 Å². The number of halogens is 2. The first-order valence-electron chi connectivity index (χ1n) is 5.42. The van der Waals surface area contributed by atoms with Crippen molar-refractivity contribution in [1.29, 1.82) is 0 Å². The molecule has 0 N–H and O–H groups in total. The third kappa shape index (κ3) is 2.86. The minimum Gasteiger partial charge on any atom is -0.455 e. The van der Waals surface area contributed by atoms with Gasteiger partial charge in [0.05, 0.1) is 0 Å². The molecular weight excluding hydrogens is 265 g/mol. The second kappa shape index (κ2) is 4.65. The molecule has 1 unspecified atom stereocenters. The summed E-state index contributed by atoms with van der Waals surface area (Å²) in [5.74, 6) is -0.764. The molecule has 0 bridgehead atoms. The molecule has 17 heavy (non-hydrogen) atoms. The Hall–Kier alpha value is -0.480. The van der Waals surface area contributed by atoms with Crippen LogP contribution in [0.5, 0.6) is 0 Å². The lowest BCUT2D eigenvalue weighted by Gasteiger charge is -2.21. The molecule has 1 aliphatic rings. The molecule has 6 heteroatoms. The van der Waals surface area contributed by atoms with Crippen LogP contribution in [0.15, 0.2) is 0 Å². The van der Waals surface area contributed by atoms with Crippen LogP contribution in [0.3, 0.4) is 0 Å². The first-order valence-corrected chi connectivity index (χ1v) is 6.18. The van der Waals surface area contributed by atoms with Gasteiger partial charge in [0.1, 0.15) is 9.75 Å². The van der Waals surface area contributed by atoms with Crippen LogP contribution in [-0.2, 0) is 14.3 Å². The minimum atomic E-state index is -1.06. The van der Waals surface area contributed by atoms with Gasteiger partial charge in [-0.3, -0.25) is 9.59 Å². The Morgan fingerprint density at radius 1 is 1.41 bits per heavy atom. The van der Waals surface area contributed by atoms with Gasteiger partial charge in [-0.2, -0.15) is 0 Å². The number of carbonyl (C=O) groups is 2. The molecule has 4 nitrogen and oxygen atoms in total. The summed E-state index contributed by atoms with van der Waals surface area (Å²) in [4.78, 5) is 24.8. The van der Waals surface area contributed by atoms with E-state index in [1.165, 1.54) is 4.90 Å². The molecule has 0 aromatic carbocycles. The lowest BCUT2D eigenvalue weighted by molar-refractivity contribution is -0.156. The van der Waals surface area contributed by atoms with Crippen molar-refractivity contribution < 1.29 is 14.3 Å². The highest BCUT2D eigenvalue weighted by Gasteiger charge is 2.69. The van der Waals surface area contributed by atoms with Gasteiger partial charge >= 0.3 is 5.97 Å². The van der Waals surface area contributed by atoms with Crippen LogP contribution >= 0.6 is 23.2 Å². The molecule has 0 aliphatic heterocycles. The average Bonchev–Trinajstić information content (AvgIpc) is 2.74. The molecule has 0 heterocycles. The Morgan fingerprint density at radius 2 is 1.88 bits per heavy atom. The quantitative estimate of drug-likeness (QED) is 0.585. The average molecular weight is 282 g/mol. The molecule has 0 aromatic rings. The van der Waals surface area contributed by atoms with E-state index in [0.717, 1.165) is 0 Å². The highest BCUT2D eigenvalue weighted by Crippen LogP contribution is 2.64. The fraction of sp³-hybridized carbons (Fsp3) is 0.818. The van der Waals surface area contributed by atoms with Crippen LogP contribution in [0.4, 0.5) is 0 Å². The Labute approximate surface area is 111 Å². The molecule has 1 atom stereocenters. The van der Waals surface area contributed by atoms with Gasteiger partial charge in [-0.15, -0.1) is 23.2 Å². The zero-order chi connectivity index (χ0) is 13.4. The molecular formula is C11H17Cl2NO3. The molecule has 1 aliphatic carbocycles. The van der Waals surface area contributed by atoms with E-state index >= 15 is 0 Å². The third-order valence-electron chi connectivity index (χ3n) is 3.20. The van der Waals surface area contributed by atoms with Gasteiger partial charge in [0, 0.05) is 19.5 Å². The Kier molecular flexibility index (Phi) is 3.99. The molecule has 1 amide bonds. The van der Waals surface area contributed by atoms with E-state index in [-0.39, 0.29) is 18.6 Å². The largest absolute Gasteiger partial charge is 0.455 e. The summed E-state index contributed by atoms with van der Waals surface area (Å²) in [6.45, 7) is 5.12. The number of carbonyl (C=O) groups excluding carboxylic acids is 2. The van der Waals surface area contributed by atoms with E-state index in [4.69, 9.17) is 27.9 Å². The number of rotatable bonds is 4. The smallest absolute Gasteiger partial charge is 0.315 e. The molecule has 1 rings (SSSR count). The van der Waals surface area contributed by atoms with Crippen molar-refractivity contribution in [3.8, 4) is 0 Å². The predicted octanol–water partition coefficient (Wildman–Crippen LogP) is 1.98. The van der Waals surface area contributed by atoms with Gasteiger partial charge in [0.2, 0.25) is 0 Å². The number of esters is 1. The number of ether oxygens (including phenoxy) is 1. The van der Waals surface area contributed by atoms with E-state index in [1.807, 2.05) is 13.8 Å². The maximum Gasteiger partial charge on any atom is 0.315 e. The number of likely N-dealkylation sites (N-methyl/N-ethyl adjacent to an activating group) is 1. The van der Waals surface area contributed by atoms with Crippen molar-refractivity contribution >= 4 is 35.1 Å². The molecule has 0 saturated heterocycles. The summed E-state index contributed by atoms with van der Waals surface area (Å²) >= 11 is 11.7. The highest BCUT2D eigenvalue weighted by molar-refractivity contribution is 6.53. The van der Waals surface area contributed by atoms with Crippen LogP contribution < -0.4 is 0 Å². The summed E-state index contributed by atoms with van der Waals surface area (Å²) in [6.07, 6.45) is 0.357. The van der Waals surface area contributed by atoms with Crippen LogP contribution in [0.2, 0.25) is 0 Å². The number of alkyl halides is 2. The minimum absolute atomic E-state index is 0.0675. The van der Waals surface area contributed by atoms with E-state index in [2.05, 4.69) is 0 Å². The molecule has 1 fully saturated rings. The topological polar surface area (TPSA) is 46.6 Å². The van der Waals surface area contributed by atoms with Crippen molar-refractivity contribution in [1.82, 2.24) is 4.90 Å². The first-order chi connectivity index (χ1) is 7.62. The van der Waals surface area contributed by atoms with Crippen LogP contribution in [-0.4, -0.2) is 40.8 Å². The summed E-state index contributed by atoms with van der Waals surface area (Å²) < 4.78 is 3.88. The molecule has 0 radical (unpaired) electrons. The van der Waals surface area contributed by atoms with Gasteiger partial charge < -0.3 is 9.64 Å². The maximum atomic E-state index is 11.7. The second-order valence-electron chi connectivity index (χ2n) is 4.89. The van der Waals surface area contributed by atoms with Gasteiger partial charge in [-0.25, -0.2) is 0 Å². The summed E-state index contributed by atoms with van der Waals surface area (Å²) in [6, 6.07) is 0.0675. The Bertz CT molecular complexity index is 344. The van der Waals surface area contributed by atoms with E-state index in [0.29, 0.717) is 6.42 Å². The van der Waals surface area contributed by atoms with Crippen molar-refractivity contribution in [2.24, 2.45) is 5.41 Å². The fourth-order valence-electron chi connectivity index (χ4n) is 1.30. The maximum absolute atomic E-state index is 11.7. The predicted molar refractivity (Wildman–Crippen MR) is 66.0 cm³/mol. The number of amides is 1. The van der Waals surface area contributed by atoms with Gasteiger partial charge in [-0.05, 0) is 20.8 Å². The summed E-state index contributed by atoms with van der Waals surface area (Å²) in [5, 5.41) is 0. The van der Waals surface area contributed by atoms with Crippen molar-refractivity contribution in [3.05, 3.63) is 0 Å². The van der Waals surface area contributed by atoms with Gasteiger partial charge in [0.15, 0.2) is 6.61 Å². The van der Waals surface area contributed by atoms with Gasteiger partial charge in [-0.1, -0.05) is 0 Å². The molecule has 0 aromatic heterocycles. The lowest BCUT2D eigenvalue weighted by atomic mass is 10.1. The Morgan fingerprint density at radius 3 is 2.24 bits per heavy atom. The highest BCUT2D eigenvalue weighted by atomic mass is 35.5. The number of hydrogen-bond acceptors (Lipinski definition) is 3. The summed E-state index contributed by atoms with van der Waals surface area (Å²) in [7, 11) is 1.66. The van der Waals surface area contributed by atoms with E-state index in [1.54, 1.807) is 14.0 Å². The van der Waals surface area contributed by atoms with Crippen LogP contribution in [0.1, 0.15) is 27.2 Å². The number of hydrogen-bond donors (Lipinski definition) is 0. The SMILES string of the molecule is CC(C)N(C)C(=O)COC(=O)C1(C)CC1(Cl)Cl. The first kappa shape index (κ1) is 14.6. The lowest BCUT2D eigenvalue weighted by Crippen LogP contribution is -2.37. The zero-order valence-electron chi connectivity index (χ0n) is 10.4. The molecule has 0 spiro atoms. The second-order valence-corrected chi connectivity index (χ2v) is 6.37. The van der Waals surface area contributed by atoms with E-state index in [9.17, 15) is 9.59 Å².